The molecular formula is C19H21N3O2. The summed E-state index contributed by atoms with van der Waals surface area (Å²) in [5, 5.41) is 0. The molecule has 0 unspecified atom stereocenters. The zero-order chi connectivity index (χ0) is 16.9. The first kappa shape index (κ1) is 16.2. The number of benzene rings is 1. The molecule has 1 amide bonds. The second-order valence-corrected chi connectivity index (χ2v) is 5.95. The van der Waals surface area contributed by atoms with E-state index < -0.39 is 0 Å². The van der Waals surface area contributed by atoms with Gasteiger partial charge in [-0.2, -0.15) is 4.98 Å². The molecule has 1 aliphatic heterocycles. The number of hydrogen-bond donors (Lipinski definition) is 0. The molecule has 2 aromatic rings. The third-order valence-corrected chi connectivity index (χ3v) is 3.90. The molecule has 0 N–H and O–H groups in total. The number of rotatable bonds is 4. The highest BCUT2D eigenvalue weighted by molar-refractivity contribution is 5.92. The molecule has 1 aromatic carbocycles. The second kappa shape index (κ2) is 7.25. The standard InChI is InChI=1S/C19H21N3O2/c1-14-12-18(21-15(2)20-14)24-17-10-11-22(13-17)19(23)9-8-16-6-4-3-5-7-16/h3-9,12,17H,10-11,13H2,1-2H3/b9-8+/t17-/m1/s1. The van der Waals surface area contributed by atoms with Gasteiger partial charge in [0.2, 0.25) is 11.8 Å². The predicted octanol–water partition coefficient (Wildman–Crippen LogP) is 2.79. The Hall–Kier alpha value is -2.69. The van der Waals surface area contributed by atoms with E-state index in [2.05, 4.69) is 9.97 Å². The lowest BCUT2D eigenvalue weighted by Crippen LogP contribution is -2.29. The Labute approximate surface area is 142 Å². The van der Waals surface area contributed by atoms with Crippen molar-refractivity contribution >= 4 is 12.0 Å². The van der Waals surface area contributed by atoms with Crippen LogP contribution in [0.3, 0.4) is 0 Å². The predicted molar refractivity (Wildman–Crippen MR) is 92.6 cm³/mol. The van der Waals surface area contributed by atoms with Gasteiger partial charge in [0.1, 0.15) is 11.9 Å². The van der Waals surface area contributed by atoms with Gasteiger partial charge in [-0.15, -0.1) is 0 Å². The van der Waals surface area contributed by atoms with Gasteiger partial charge in [0.25, 0.3) is 0 Å². The van der Waals surface area contributed by atoms with E-state index in [0.717, 1.165) is 17.7 Å². The van der Waals surface area contributed by atoms with E-state index in [0.29, 0.717) is 24.8 Å². The van der Waals surface area contributed by atoms with Crippen molar-refractivity contribution in [2.75, 3.05) is 13.1 Å². The van der Waals surface area contributed by atoms with Crippen molar-refractivity contribution in [2.24, 2.45) is 0 Å². The van der Waals surface area contributed by atoms with E-state index in [1.807, 2.05) is 61.2 Å². The molecular weight excluding hydrogens is 302 g/mol. The highest BCUT2D eigenvalue weighted by Gasteiger charge is 2.26. The molecule has 5 nitrogen and oxygen atoms in total. The van der Waals surface area contributed by atoms with Gasteiger partial charge in [-0.25, -0.2) is 4.98 Å². The Morgan fingerprint density at radius 2 is 2.04 bits per heavy atom. The number of aryl methyl sites for hydroxylation is 2. The summed E-state index contributed by atoms with van der Waals surface area (Å²) in [6.45, 7) is 5.05. The maximum absolute atomic E-state index is 12.3. The summed E-state index contributed by atoms with van der Waals surface area (Å²) in [5.74, 6) is 1.29. The minimum atomic E-state index is -0.0206. The maximum Gasteiger partial charge on any atom is 0.246 e. The first-order valence-corrected chi connectivity index (χ1v) is 8.11. The van der Waals surface area contributed by atoms with E-state index in [1.54, 1.807) is 6.08 Å². The molecule has 1 atom stereocenters. The quantitative estimate of drug-likeness (QED) is 0.812. The van der Waals surface area contributed by atoms with E-state index in [4.69, 9.17) is 4.74 Å². The fourth-order valence-electron chi connectivity index (χ4n) is 2.78. The Kier molecular flexibility index (Phi) is 4.89. The molecule has 3 rings (SSSR count). The molecule has 124 valence electrons. The van der Waals surface area contributed by atoms with Crippen LogP contribution in [-0.2, 0) is 4.79 Å². The fraction of sp³-hybridized carbons (Fsp3) is 0.316. The topological polar surface area (TPSA) is 55.3 Å². The molecule has 5 heteroatoms. The van der Waals surface area contributed by atoms with E-state index in [1.165, 1.54) is 0 Å². The SMILES string of the molecule is Cc1cc(O[C@@H]2CCN(C(=O)/C=C/c3ccccc3)C2)nc(C)n1. The van der Waals surface area contributed by atoms with Crippen LogP contribution in [0.4, 0.5) is 0 Å². The third-order valence-electron chi connectivity index (χ3n) is 3.90. The number of amides is 1. The second-order valence-electron chi connectivity index (χ2n) is 5.95. The molecule has 0 saturated carbocycles. The van der Waals surface area contributed by atoms with Crippen molar-refractivity contribution in [3.05, 3.63) is 59.6 Å². The third kappa shape index (κ3) is 4.19. The molecule has 1 fully saturated rings. The Bertz CT molecular complexity index is 723. The average molecular weight is 323 g/mol. The van der Waals surface area contributed by atoms with Crippen LogP contribution in [0, 0.1) is 13.8 Å². The van der Waals surface area contributed by atoms with Crippen LogP contribution in [0.25, 0.3) is 6.08 Å². The van der Waals surface area contributed by atoms with Crippen LogP contribution in [0.2, 0.25) is 0 Å². The van der Waals surface area contributed by atoms with Crippen LogP contribution in [0.5, 0.6) is 5.88 Å². The monoisotopic (exact) mass is 323 g/mol. The smallest absolute Gasteiger partial charge is 0.246 e. The normalized spacial score (nSPS) is 17.4. The van der Waals surface area contributed by atoms with Crippen molar-refractivity contribution < 1.29 is 9.53 Å². The molecule has 0 aliphatic carbocycles. The number of carbonyl (C=O) groups is 1. The van der Waals surface area contributed by atoms with Crippen molar-refractivity contribution in [3.8, 4) is 5.88 Å². The molecule has 1 aliphatic rings. The molecule has 0 spiro atoms. The van der Waals surface area contributed by atoms with Crippen LogP contribution in [0.1, 0.15) is 23.5 Å². The largest absolute Gasteiger partial charge is 0.472 e. The van der Waals surface area contributed by atoms with Gasteiger partial charge in [-0.3, -0.25) is 4.79 Å². The molecule has 0 radical (unpaired) electrons. The lowest BCUT2D eigenvalue weighted by atomic mass is 10.2. The Balaban J connectivity index is 1.56. The van der Waals surface area contributed by atoms with Crippen LogP contribution >= 0.6 is 0 Å². The summed E-state index contributed by atoms with van der Waals surface area (Å²) in [7, 11) is 0. The summed E-state index contributed by atoms with van der Waals surface area (Å²) in [6.07, 6.45) is 4.25. The highest BCUT2D eigenvalue weighted by Crippen LogP contribution is 2.18. The van der Waals surface area contributed by atoms with Crippen LogP contribution in [0.15, 0.2) is 42.5 Å². The van der Waals surface area contributed by atoms with E-state index in [-0.39, 0.29) is 12.0 Å². The first-order chi connectivity index (χ1) is 11.6. The summed E-state index contributed by atoms with van der Waals surface area (Å²) in [6, 6.07) is 11.6. The molecule has 24 heavy (non-hydrogen) atoms. The first-order valence-electron chi connectivity index (χ1n) is 8.11. The minimum absolute atomic E-state index is 0.0139. The van der Waals surface area contributed by atoms with Crippen molar-refractivity contribution in [1.29, 1.82) is 0 Å². The van der Waals surface area contributed by atoms with Gasteiger partial charge in [0, 0.05) is 30.8 Å². The van der Waals surface area contributed by atoms with Crippen LogP contribution in [-0.4, -0.2) is 40.0 Å². The van der Waals surface area contributed by atoms with Crippen molar-refractivity contribution in [2.45, 2.75) is 26.4 Å². The van der Waals surface area contributed by atoms with E-state index in [9.17, 15) is 4.79 Å². The molecule has 0 bridgehead atoms. The summed E-state index contributed by atoms with van der Waals surface area (Å²) < 4.78 is 5.91. The minimum Gasteiger partial charge on any atom is -0.472 e. The lowest BCUT2D eigenvalue weighted by molar-refractivity contribution is -0.125. The Morgan fingerprint density at radius 3 is 2.79 bits per heavy atom. The highest BCUT2D eigenvalue weighted by atomic mass is 16.5. The Morgan fingerprint density at radius 1 is 1.25 bits per heavy atom. The number of hydrogen-bond acceptors (Lipinski definition) is 4. The fourth-order valence-corrected chi connectivity index (χ4v) is 2.78. The van der Waals surface area contributed by atoms with Gasteiger partial charge in [-0.1, -0.05) is 30.3 Å². The summed E-state index contributed by atoms with van der Waals surface area (Å²) in [4.78, 5) is 22.6. The number of likely N-dealkylation sites (tertiary alicyclic amines) is 1. The summed E-state index contributed by atoms with van der Waals surface area (Å²) in [5.41, 5.74) is 1.90. The number of carbonyl (C=O) groups excluding carboxylic acids is 1. The maximum atomic E-state index is 12.3. The van der Waals surface area contributed by atoms with Gasteiger partial charge in [0.15, 0.2) is 0 Å². The van der Waals surface area contributed by atoms with Crippen molar-refractivity contribution in [1.82, 2.24) is 14.9 Å². The number of aromatic nitrogens is 2. The van der Waals surface area contributed by atoms with Crippen molar-refractivity contribution in [3.63, 3.8) is 0 Å². The molecule has 1 saturated heterocycles. The number of nitrogens with zero attached hydrogens (tertiary/aromatic N) is 3. The van der Waals surface area contributed by atoms with Gasteiger partial charge in [-0.05, 0) is 25.5 Å². The summed E-state index contributed by atoms with van der Waals surface area (Å²) >= 11 is 0. The average Bonchev–Trinajstić information content (AvgIpc) is 3.01. The molecule has 2 heterocycles. The number of ether oxygens (including phenoxy) is 1. The zero-order valence-electron chi connectivity index (χ0n) is 14.0. The lowest BCUT2D eigenvalue weighted by Gasteiger charge is -2.15. The van der Waals surface area contributed by atoms with Gasteiger partial charge < -0.3 is 9.64 Å². The van der Waals surface area contributed by atoms with Crippen LogP contribution < -0.4 is 4.74 Å². The molecule has 1 aromatic heterocycles. The van der Waals surface area contributed by atoms with E-state index >= 15 is 0 Å². The van der Waals surface area contributed by atoms with Gasteiger partial charge >= 0.3 is 0 Å². The zero-order valence-corrected chi connectivity index (χ0v) is 14.0. The van der Waals surface area contributed by atoms with Gasteiger partial charge in [0.05, 0.1) is 6.54 Å².